The molecule has 0 saturated carbocycles. The number of hydrogen-bond donors (Lipinski definition) is 1. The molecule has 0 aliphatic carbocycles. The molecule has 2 aromatic rings. The largest absolute Gasteiger partial charge is 0.240 e. The van der Waals surface area contributed by atoms with Crippen LogP contribution in [0.25, 0.3) is 0 Å². The molecule has 2 rings (SSSR count). The molecule has 0 aliphatic rings. The minimum absolute atomic E-state index is 0.00122. The molecule has 19 heavy (non-hydrogen) atoms. The fourth-order valence-electron chi connectivity index (χ4n) is 1.70. The minimum atomic E-state index is -3.65. The molecule has 0 aliphatic heterocycles. The summed E-state index contributed by atoms with van der Waals surface area (Å²) in [4.78, 5) is 1.11. The lowest BCUT2D eigenvalue weighted by Gasteiger charge is -2.08. The summed E-state index contributed by atoms with van der Waals surface area (Å²) in [6, 6.07) is 7.63. The van der Waals surface area contributed by atoms with Gasteiger partial charge in [0.2, 0.25) is 10.0 Å². The molecule has 0 radical (unpaired) electrons. The molecule has 1 heterocycles. The third-order valence-corrected chi connectivity index (χ3v) is 5.22. The van der Waals surface area contributed by atoms with E-state index in [4.69, 9.17) is 0 Å². The molecule has 102 valence electrons. The SMILES string of the molecule is Cc1ccc(F)cc1S(=O)(=O)NCCc1cccs1. The number of thiophene rings is 1. The van der Waals surface area contributed by atoms with Gasteiger partial charge in [0.25, 0.3) is 0 Å². The van der Waals surface area contributed by atoms with Crippen molar-refractivity contribution in [3.63, 3.8) is 0 Å². The van der Waals surface area contributed by atoms with E-state index in [1.807, 2.05) is 17.5 Å². The van der Waals surface area contributed by atoms with Crippen LogP contribution in [-0.4, -0.2) is 15.0 Å². The van der Waals surface area contributed by atoms with Gasteiger partial charge in [-0.25, -0.2) is 17.5 Å². The van der Waals surface area contributed by atoms with E-state index >= 15 is 0 Å². The lowest BCUT2D eigenvalue weighted by Crippen LogP contribution is -2.26. The molecule has 0 spiro atoms. The zero-order chi connectivity index (χ0) is 13.9. The number of benzene rings is 1. The quantitative estimate of drug-likeness (QED) is 0.922. The summed E-state index contributed by atoms with van der Waals surface area (Å²) in [7, 11) is -3.65. The van der Waals surface area contributed by atoms with Gasteiger partial charge in [-0.2, -0.15) is 0 Å². The lowest BCUT2D eigenvalue weighted by molar-refractivity contribution is 0.577. The average Bonchev–Trinajstić information content (AvgIpc) is 2.85. The predicted molar refractivity (Wildman–Crippen MR) is 74.3 cm³/mol. The van der Waals surface area contributed by atoms with E-state index in [0.717, 1.165) is 10.9 Å². The van der Waals surface area contributed by atoms with E-state index in [-0.39, 0.29) is 4.90 Å². The monoisotopic (exact) mass is 299 g/mol. The number of hydrogen-bond acceptors (Lipinski definition) is 3. The first-order valence-corrected chi connectivity index (χ1v) is 8.13. The molecule has 0 bridgehead atoms. The Morgan fingerprint density at radius 1 is 1.32 bits per heavy atom. The van der Waals surface area contributed by atoms with Crippen LogP contribution in [0.2, 0.25) is 0 Å². The van der Waals surface area contributed by atoms with Crippen molar-refractivity contribution >= 4 is 21.4 Å². The van der Waals surface area contributed by atoms with Gasteiger partial charge in [-0.05, 0) is 42.5 Å². The highest BCUT2D eigenvalue weighted by molar-refractivity contribution is 7.89. The molecular weight excluding hydrogens is 285 g/mol. The number of sulfonamides is 1. The lowest BCUT2D eigenvalue weighted by atomic mass is 10.2. The average molecular weight is 299 g/mol. The second kappa shape index (κ2) is 5.81. The van der Waals surface area contributed by atoms with Crippen molar-refractivity contribution in [2.45, 2.75) is 18.2 Å². The maximum atomic E-state index is 13.1. The van der Waals surface area contributed by atoms with Gasteiger partial charge >= 0.3 is 0 Å². The summed E-state index contributed by atoms with van der Waals surface area (Å²) in [5.41, 5.74) is 0.532. The van der Waals surface area contributed by atoms with Crippen LogP contribution < -0.4 is 4.72 Å². The van der Waals surface area contributed by atoms with E-state index in [0.29, 0.717) is 18.5 Å². The van der Waals surface area contributed by atoms with Crippen molar-refractivity contribution in [3.8, 4) is 0 Å². The van der Waals surface area contributed by atoms with Crippen LogP contribution in [0.3, 0.4) is 0 Å². The Morgan fingerprint density at radius 3 is 2.79 bits per heavy atom. The van der Waals surface area contributed by atoms with Crippen molar-refractivity contribution in [3.05, 3.63) is 52.0 Å². The van der Waals surface area contributed by atoms with Crippen molar-refractivity contribution < 1.29 is 12.8 Å². The molecule has 0 unspecified atom stereocenters. The maximum Gasteiger partial charge on any atom is 0.240 e. The second-order valence-corrected chi connectivity index (χ2v) is 6.90. The standard InChI is InChI=1S/C13H14FNO2S2/c1-10-4-5-11(14)9-13(10)19(16,17)15-7-6-12-3-2-8-18-12/h2-5,8-9,15H,6-7H2,1H3. The molecule has 0 atom stereocenters. The van der Waals surface area contributed by atoms with E-state index in [2.05, 4.69) is 4.72 Å². The normalized spacial score (nSPS) is 11.7. The zero-order valence-electron chi connectivity index (χ0n) is 10.4. The molecule has 0 fully saturated rings. The summed E-state index contributed by atoms with van der Waals surface area (Å²) in [6.07, 6.45) is 0.630. The van der Waals surface area contributed by atoms with Crippen molar-refractivity contribution in [2.75, 3.05) is 6.54 Å². The van der Waals surface area contributed by atoms with Gasteiger partial charge in [0.1, 0.15) is 5.82 Å². The van der Waals surface area contributed by atoms with E-state index < -0.39 is 15.8 Å². The van der Waals surface area contributed by atoms with Gasteiger partial charge < -0.3 is 0 Å². The van der Waals surface area contributed by atoms with Crippen molar-refractivity contribution in [1.29, 1.82) is 0 Å². The van der Waals surface area contributed by atoms with Crippen molar-refractivity contribution in [1.82, 2.24) is 4.72 Å². The Morgan fingerprint density at radius 2 is 2.11 bits per heavy atom. The fourth-order valence-corrected chi connectivity index (χ4v) is 3.70. The first-order chi connectivity index (χ1) is 8.99. The molecule has 1 N–H and O–H groups in total. The Hall–Kier alpha value is -1.24. The second-order valence-electron chi connectivity index (χ2n) is 4.14. The Balaban J connectivity index is 2.07. The van der Waals surface area contributed by atoms with Gasteiger partial charge in [0, 0.05) is 11.4 Å². The highest BCUT2D eigenvalue weighted by atomic mass is 32.2. The fraction of sp³-hybridized carbons (Fsp3) is 0.231. The van der Waals surface area contributed by atoms with E-state index in [1.165, 1.54) is 12.1 Å². The van der Waals surface area contributed by atoms with Crippen LogP contribution >= 0.6 is 11.3 Å². The van der Waals surface area contributed by atoms with Crippen LogP contribution in [0, 0.1) is 12.7 Å². The van der Waals surface area contributed by atoms with Gasteiger partial charge in [0.15, 0.2) is 0 Å². The molecule has 6 heteroatoms. The van der Waals surface area contributed by atoms with Gasteiger partial charge in [-0.3, -0.25) is 0 Å². The number of halogens is 1. The Labute approximate surface area is 116 Å². The summed E-state index contributed by atoms with van der Waals surface area (Å²) >= 11 is 1.58. The molecule has 0 saturated heterocycles. The predicted octanol–water partition coefficient (Wildman–Crippen LogP) is 2.72. The number of nitrogens with one attached hydrogen (secondary N) is 1. The summed E-state index contributed by atoms with van der Waals surface area (Å²) in [5, 5.41) is 1.94. The number of aryl methyl sites for hydroxylation is 1. The van der Waals surface area contributed by atoms with E-state index in [1.54, 1.807) is 18.3 Å². The summed E-state index contributed by atoms with van der Waals surface area (Å²) < 4.78 is 39.7. The third-order valence-electron chi connectivity index (χ3n) is 2.68. The van der Waals surface area contributed by atoms with Crippen LogP contribution in [-0.2, 0) is 16.4 Å². The maximum absolute atomic E-state index is 13.1. The highest BCUT2D eigenvalue weighted by Gasteiger charge is 2.16. The van der Waals surface area contributed by atoms with Gasteiger partial charge in [0.05, 0.1) is 4.90 Å². The molecule has 1 aromatic carbocycles. The number of rotatable bonds is 5. The Kier molecular flexibility index (Phi) is 4.34. The smallest absolute Gasteiger partial charge is 0.211 e. The minimum Gasteiger partial charge on any atom is -0.211 e. The highest BCUT2D eigenvalue weighted by Crippen LogP contribution is 2.16. The van der Waals surface area contributed by atoms with Crippen LogP contribution in [0.15, 0.2) is 40.6 Å². The topological polar surface area (TPSA) is 46.2 Å². The first-order valence-electron chi connectivity index (χ1n) is 5.77. The molecule has 1 aromatic heterocycles. The van der Waals surface area contributed by atoms with Gasteiger partial charge in [-0.15, -0.1) is 11.3 Å². The van der Waals surface area contributed by atoms with Crippen LogP contribution in [0.4, 0.5) is 4.39 Å². The third kappa shape index (κ3) is 3.62. The van der Waals surface area contributed by atoms with Gasteiger partial charge in [-0.1, -0.05) is 12.1 Å². The first kappa shape index (κ1) is 14.2. The van der Waals surface area contributed by atoms with E-state index in [9.17, 15) is 12.8 Å². The molecule has 3 nitrogen and oxygen atoms in total. The molecule has 0 amide bonds. The summed E-state index contributed by atoms with van der Waals surface area (Å²) in [5.74, 6) is -0.552. The summed E-state index contributed by atoms with van der Waals surface area (Å²) in [6.45, 7) is 1.95. The molecular formula is C13H14FNO2S2. The zero-order valence-corrected chi connectivity index (χ0v) is 12.0. The van der Waals surface area contributed by atoms with Crippen LogP contribution in [0.1, 0.15) is 10.4 Å². The van der Waals surface area contributed by atoms with Crippen molar-refractivity contribution in [2.24, 2.45) is 0 Å². The Bertz CT molecular complexity index is 651. The van der Waals surface area contributed by atoms with Crippen LogP contribution in [0.5, 0.6) is 0 Å².